The van der Waals surface area contributed by atoms with Crippen LogP contribution < -0.4 is 20.9 Å². The number of H-pyrrole nitrogens is 1. The van der Waals surface area contributed by atoms with Crippen LogP contribution in [0.15, 0.2) is 88.6 Å². The standard InChI is InChI=1S/C29H29FN3O8P/c1-19(28(35)38-17-20-8-3-2-4-9-20)32-42(37,41-25-13-7-11-21-10-5-6-12-23(21)25)39-18-22-14-15-26(40-22)33-16-24(30)27(34)31-29(33)36/h2-13,16,19,22,26H,14-15,17-18H2,1H3,(H,32,37)(H,31,34,36)/t19-,22-,26+,42?/m0/s1. The van der Waals surface area contributed by atoms with E-state index in [1.807, 2.05) is 59.6 Å². The first kappa shape index (κ1) is 29.4. The number of aromatic nitrogens is 2. The van der Waals surface area contributed by atoms with Crippen LogP contribution in [0.4, 0.5) is 4.39 Å². The minimum atomic E-state index is -4.23. The van der Waals surface area contributed by atoms with Crippen LogP contribution in [0.3, 0.4) is 0 Å². The van der Waals surface area contributed by atoms with Crippen LogP contribution in [-0.2, 0) is 30.0 Å². The molecule has 4 atom stereocenters. The van der Waals surface area contributed by atoms with Gasteiger partial charge < -0.3 is 14.0 Å². The molecule has 4 aromatic rings. The van der Waals surface area contributed by atoms with Gasteiger partial charge in [-0.15, -0.1) is 0 Å². The molecule has 1 aromatic heterocycles. The van der Waals surface area contributed by atoms with E-state index < -0.39 is 49.2 Å². The van der Waals surface area contributed by atoms with E-state index in [0.717, 1.165) is 21.7 Å². The van der Waals surface area contributed by atoms with Crippen molar-refractivity contribution in [3.8, 4) is 5.75 Å². The second-order valence-corrected chi connectivity index (χ2v) is 11.4. The molecule has 1 aliphatic rings. The number of esters is 1. The molecule has 42 heavy (non-hydrogen) atoms. The average molecular weight is 598 g/mol. The Hall–Kier alpha value is -4.09. The van der Waals surface area contributed by atoms with Crippen molar-refractivity contribution in [2.45, 2.75) is 44.7 Å². The van der Waals surface area contributed by atoms with E-state index in [2.05, 4.69) is 5.09 Å². The lowest BCUT2D eigenvalue weighted by Gasteiger charge is -2.24. The van der Waals surface area contributed by atoms with Gasteiger partial charge in [0.15, 0.2) is 0 Å². The Morgan fingerprint density at radius 3 is 2.64 bits per heavy atom. The maximum atomic E-state index is 14.1. The molecule has 1 saturated heterocycles. The van der Waals surface area contributed by atoms with Crippen LogP contribution in [0.2, 0.25) is 0 Å². The molecular formula is C29H29FN3O8P. The quantitative estimate of drug-likeness (QED) is 0.190. The molecule has 0 radical (unpaired) electrons. The molecule has 2 heterocycles. The summed E-state index contributed by atoms with van der Waals surface area (Å²) in [6, 6.07) is 20.6. The average Bonchev–Trinajstić information content (AvgIpc) is 3.46. The number of halogens is 1. The lowest BCUT2D eigenvalue weighted by molar-refractivity contribution is -0.146. The molecule has 3 aromatic carbocycles. The molecule has 13 heteroatoms. The first-order valence-electron chi connectivity index (χ1n) is 13.3. The van der Waals surface area contributed by atoms with Crippen molar-refractivity contribution >= 4 is 24.5 Å². The van der Waals surface area contributed by atoms with Gasteiger partial charge in [-0.1, -0.05) is 66.7 Å². The highest BCUT2D eigenvalue weighted by Gasteiger charge is 2.36. The lowest BCUT2D eigenvalue weighted by Crippen LogP contribution is -2.36. The second kappa shape index (κ2) is 12.8. The molecule has 1 aliphatic heterocycles. The van der Waals surface area contributed by atoms with E-state index in [1.165, 1.54) is 6.92 Å². The fourth-order valence-corrected chi connectivity index (χ4v) is 6.05. The van der Waals surface area contributed by atoms with Crippen LogP contribution in [0.5, 0.6) is 5.75 Å². The van der Waals surface area contributed by atoms with E-state index in [1.54, 1.807) is 18.2 Å². The van der Waals surface area contributed by atoms with Crippen molar-refractivity contribution in [1.29, 1.82) is 0 Å². The van der Waals surface area contributed by atoms with Gasteiger partial charge in [-0.05, 0) is 36.8 Å². The van der Waals surface area contributed by atoms with Crippen LogP contribution in [-0.4, -0.2) is 34.3 Å². The number of nitrogens with zero attached hydrogens (tertiary/aromatic N) is 1. The number of benzene rings is 3. The summed E-state index contributed by atoms with van der Waals surface area (Å²) in [6.45, 7) is 1.27. The van der Waals surface area contributed by atoms with Crippen molar-refractivity contribution < 1.29 is 32.3 Å². The monoisotopic (exact) mass is 597 g/mol. The molecule has 5 rings (SSSR count). The molecule has 11 nitrogen and oxygen atoms in total. The highest BCUT2D eigenvalue weighted by molar-refractivity contribution is 7.52. The molecule has 220 valence electrons. The number of ether oxygens (including phenoxy) is 2. The minimum Gasteiger partial charge on any atom is -0.460 e. The molecule has 1 unspecified atom stereocenters. The molecule has 0 saturated carbocycles. The number of hydrogen-bond donors (Lipinski definition) is 2. The van der Waals surface area contributed by atoms with Gasteiger partial charge in [0.25, 0.3) is 5.56 Å². The summed E-state index contributed by atoms with van der Waals surface area (Å²) >= 11 is 0. The SMILES string of the molecule is C[C@H](NP(=O)(OC[C@@H]1CC[C@H](n2cc(F)c(=O)[nH]c2=O)O1)Oc1cccc2ccccc12)C(=O)OCc1ccccc1. The molecule has 0 spiro atoms. The minimum absolute atomic E-state index is 0.0308. The number of fused-ring (bicyclic) bond motifs is 1. The number of rotatable bonds is 11. The summed E-state index contributed by atoms with van der Waals surface area (Å²) in [5, 5.41) is 4.20. The molecule has 1 fully saturated rings. The van der Waals surface area contributed by atoms with Crippen LogP contribution in [0, 0.1) is 5.82 Å². The van der Waals surface area contributed by atoms with Gasteiger partial charge in [0.05, 0.1) is 18.9 Å². The Balaban J connectivity index is 1.30. The van der Waals surface area contributed by atoms with Crippen molar-refractivity contribution in [1.82, 2.24) is 14.6 Å². The van der Waals surface area contributed by atoms with Gasteiger partial charge in [0, 0.05) is 5.39 Å². The zero-order chi connectivity index (χ0) is 29.7. The number of aromatic amines is 1. The van der Waals surface area contributed by atoms with Crippen molar-refractivity contribution in [3.05, 3.63) is 111 Å². The maximum absolute atomic E-state index is 14.1. The number of carbonyl (C=O) groups excluding carboxylic acids is 1. The summed E-state index contributed by atoms with van der Waals surface area (Å²) in [7, 11) is -4.23. The predicted octanol–water partition coefficient (Wildman–Crippen LogP) is 4.43. The Morgan fingerprint density at radius 1 is 1.10 bits per heavy atom. The zero-order valence-corrected chi connectivity index (χ0v) is 23.5. The van der Waals surface area contributed by atoms with Crippen molar-refractivity contribution in [3.63, 3.8) is 0 Å². The Bertz CT molecular complexity index is 1720. The number of carbonyl (C=O) groups is 1. The number of nitrogens with one attached hydrogen (secondary N) is 2. The van der Waals surface area contributed by atoms with Crippen LogP contribution in [0.25, 0.3) is 10.8 Å². The zero-order valence-electron chi connectivity index (χ0n) is 22.6. The summed E-state index contributed by atoms with van der Waals surface area (Å²) in [4.78, 5) is 38.2. The molecular weight excluding hydrogens is 568 g/mol. The van der Waals surface area contributed by atoms with Gasteiger partial charge in [0.2, 0.25) is 5.82 Å². The fourth-order valence-electron chi connectivity index (χ4n) is 4.51. The third kappa shape index (κ3) is 7.03. The normalized spacial score (nSPS) is 18.8. The Labute approximate surface area is 239 Å². The predicted molar refractivity (Wildman–Crippen MR) is 151 cm³/mol. The van der Waals surface area contributed by atoms with Crippen molar-refractivity contribution in [2.24, 2.45) is 0 Å². The molecule has 0 amide bonds. The lowest BCUT2D eigenvalue weighted by atomic mass is 10.1. The van der Waals surface area contributed by atoms with Crippen LogP contribution >= 0.6 is 7.75 Å². The number of hydrogen-bond acceptors (Lipinski definition) is 8. The molecule has 0 bridgehead atoms. The van der Waals surface area contributed by atoms with Crippen molar-refractivity contribution in [2.75, 3.05) is 6.61 Å². The first-order chi connectivity index (χ1) is 20.2. The maximum Gasteiger partial charge on any atom is 0.459 e. The van der Waals surface area contributed by atoms with Gasteiger partial charge in [0.1, 0.15) is 24.6 Å². The Morgan fingerprint density at radius 2 is 1.83 bits per heavy atom. The largest absolute Gasteiger partial charge is 0.460 e. The van der Waals surface area contributed by atoms with Crippen LogP contribution in [0.1, 0.15) is 31.6 Å². The third-order valence-electron chi connectivity index (χ3n) is 6.65. The van der Waals surface area contributed by atoms with Gasteiger partial charge in [-0.25, -0.2) is 9.36 Å². The van der Waals surface area contributed by atoms with E-state index in [4.69, 9.17) is 18.5 Å². The summed E-state index contributed by atoms with van der Waals surface area (Å²) in [6.07, 6.45) is -0.0442. The topological polar surface area (TPSA) is 138 Å². The molecule has 0 aliphatic carbocycles. The van der Waals surface area contributed by atoms with Gasteiger partial charge in [-0.2, -0.15) is 9.48 Å². The summed E-state index contributed by atoms with van der Waals surface area (Å²) < 4.78 is 51.8. The first-order valence-corrected chi connectivity index (χ1v) is 14.8. The Kier molecular flexibility index (Phi) is 8.98. The van der Waals surface area contributed by atoms with E-state index >= 15 is 0 Å². The van der Waals surface area contributed by atoms with Gasteiger partial charge in [-0.3, -0.25) is 23.7 Å². The third-order valence-corrected chi connectivity index (χ3v) is 8.28. The smallest absolute Gasteiger partial charge is 0.459 e. The highest BCUT2D eigenvalue weighted by Crippen LogP contribution is 2.47. The summed E-state index contributed by atoms with van der Waals surface area (Å²) in [5.74, 6) is -1.52. The van der Waals surface area contributed by atoms with E-state index in [-0.39, 0.29) is 19.0 Å². The van der Waals surface area contributed by atoms with E-state index in [0.29, 0.717) is 18.2 Å². The van der Waals surface area contributed by atoms with E-state index in [9.17, 15) is 23.3 Å². The fraction of sp³-hybridized carbons (Fsp3) is 0.276. The van der Waals surface area contributed by atoms with Gasteiger partial charge >= 0.3 is 19.4 Å². The summed E-state index contributed by atoms with van der Waals surface area (Å²) in [5.41, 5.74) is -1.15. The second-order valence-electron chi connectivity index (χ2n) is 9.74. The molecule has 2 N–H and O–H groups in total. The highest BCUT2D eigenvalue weighted by atomic mass is 31.2.